The van der Waals surface area contributed by atoms with E-state index in [9.17, 15) is 0 Å². The minimum absolute atomic E-state index is 0.430. The van der Waals surface area contributed by atoms with Crippen LogP contribution in [0.4, 0.5) is 0 Å². The monoisotopic (exact) mass is 301 g/mol. The third-order valence-corrected chi connectivity index (χ3v) is 4.11. The molecular formula is C12H16IN. The van der Waals surface area contributed by atoms with Gasteiger partial charge in [-0.3, -0.25) is 0 Å². The van der Waals surface area contributed by atoms with E-state index in [4.69, 9.17) is 5.73 Å². The second-order valence-electron chi connectivity index (χ2n) is 4.18. The molecule has 0 heterocycles. The number of hydrogen-bond donors (Lipinski definition) is 1. The van der Waals surface area contributed by atoms with E-state index in [1.165, 1.54) is 28.4 Å². The largest absolute Gasteiger partial charge is 0.330 e. The van der Waals surface area contributed by atoms with Gasteiger partial charge in [-0.2, -0.15) is 0 Å². The molecule has 1 fully saturated rings. The Morgan fingerprint density at radius 1 is 1.21 bits per heavy atom. The fourth-order valence-electron chi connectivity index (χ4n) is 2.37. The maximum Gasteiger partial charge on any atom is 0.0130 e. The second kappa shape index (κ2) is 4.19. The Morgan fingerprint density at radius 3 is 2.29 bits per heavy atom. The number of benzene rings is 1. The van der Waals surface area contributed by atoms with Gasteiger partial charge in [0.05, 0.1) is 0 Å². The Morgan fingerprint density at radius 2 is 1.86 bits per heavy atom. The first kappa shape index (κ1) is 10.4. The summed E-state index contributed by atoms with van der Waals surface area (Å²) >= 11 is 2.35. The molecule has 2 N–H and O–H groups in total. The van der Waals surface area contributed by atoms with Crippen molar-refractivity contribution in [2.45, 2.75) is 31.1 Å². The Hall–Kier alpha value is -0.0900. The lowest BCUT2D eigenvalue weighted by Gasteiger charge is -2.42. The number of nitrogens with two attached hydrogens (primary N) is 1. The quantitative estimate of drug-likeness (QED) is 0.853. The van der Waals surface area contributed by atoms with E-state index in [-0.39, 0.29) is 0 Å². The summed E-state index contributed by atoms with van der Waals surface area (Å²) in [5.41, 5.74) is 7.61. The predicted octanol–water partition coefficient (Wildman–Crippen LogP) is 3.06. The molecule has 0 aliphatic heterocycles. The van der Waals surface area contributed by atoms with Crippen molar-refractivity contribution in [3.8, 4) is 0 Å². The molecule has 0 saturated heterocycles. The van der Waals surface area contributed by atoms with Crippen molar-refractivity contribution in [1.29, 1.82) is 0 Å². The highest BCUT2D eigenvalue weighted by Crippen LogP contribution is 2.46. The van der Waals surface area contributed by atoms with Gasteiger partial charge >= 0.3 is 0 Å². The molecule has 14 heavy (non-hydrogen) atoms. The highest BCUT2D eigenvalue weighted by atomic mass is 127. The first-order valence-electron chi connectivity index (χ1n) is 5.23. The molecule has 1 aliphatic rings. The van der Waals surface area contributed by atoms with E-state index in [1.54, 1.807) is 0 Å². The topological polar surface area (TPSA) is 26.0 Å². The smallest absolute Gasteiger partial charge is 0.0130 e. The molecule has 1 nitrogen and oxygen atoms in total. The summed E-state index contributed by atoms with van der Waals surface area (Å²) in [5, 5.41) is 0. The molecule has 76 valence electrons. The maximum absolute atomic E-state index is 5.69. The zero-order valence-corrected chi connectivity index (χ0v) is 10.5. The summed E-state index contributed by atoms with van der Waals surface area (Å²) in [7, 11) is 0. The van der Waals surface area contributed by atoms with Gasteiger partial charge in [-0.05, 0) is 71.5 Å². The molecule has 1 aromatic carbocycles. The standard InChI is InChI=1S/C12H16IN/c13-11-4-2-10(3-5-11)12(8-9-14)6-1-7-12/h2-5H,1,6-9,14H2. The van der Waals surface area contributed by atoms with Crippen LogP contribution in [-0.2, 0) is 5.41 Å². The molecule has 0 radical (unpaired) electrons. The van der Waals surface area contributed by atoms with Crippen LogP contribution in [0.25, 0.3) is 0 Å². The summed E-state index contributed by atoms with van der Waals surface area (Å²) in [6.07, 6.45) is 5.16. The van der Waals surface area contributed by atoms with Gasteiger partial charge in [0, 0.05) is 3.57 Å². The lowest BCUT2D eigenvalue weighted by molar-refractivity contribution is 0.229. The van der Waals surface area contributed by atoms with E-state index in [0.29, 0.717) is 5.41 Å². The summed E-state index contributed by atoms with van der Waals surface area (Å²) < 4.78 is 1.31. The normalized spacial score (nSPS) is 19.0. The van der Waals surface area contributed by atoms with Crippen molar-refractivity contribution in [3.63, 3.8) is 0 Å². The zero-order valence-electron chi connectivity index (χ0n) is 8.30. The van der Waals surface area contributed by atoms with Gasteiger partial charge in [0.1, 0.15) is 0 Å². The van der Waals surface area contributed by atoms with Gasteiger partial charge in [0.15, 0.2) is 0 Å². The summed E-state index contributed by atoms with van der Waals surface area (Å²) in [5.74, 6) is 0. The minimum Gasteiger partial charge on any atom is -0.330 e. The van der Waals surface area contributed by atoms with Crippen molar-refractivity contribution >= 4 is 22.6 Å². The SMILES string of the molecule is NCCC1(c2ccc(I)cc2)CCC1. The van der Waals surface area contributed by atoms with Crippen LogP contribution in [0.5, 0.6) is 0 Å². The molecule has 1 aliphatic carbocycles. The third-order valence-electron chi connectivity index (χ3n) is 3.39. The van der Waals surface area contributed by atoms with Crippen molar-refractivity contribution in [1.82, 2.24) is 0 Å². The van der Waals surface area contributed by atoms with Crippen LogP contribution in [0.3, 0.4) is 0 Å². The molecule has 0 bridgehead atoms. The first-order chi connectivity index (χ1) is 6.77. The summed E-state index contributed by atoms with van der Waals surface area (Å²) in [4.78, 5) is 0. The van der Waals surface area contributed by atoms with Crippen molar-refractivity contribution in [3.05, 3.63) is 33.4 Å². The summed E-state index contributed by atoms with van der Waals surface area (Å²) in [6.45, 7) is 0.811. The highest BCUT2D eigenvalue weighted by molar-refractivity contribution is 14.1. The molecular weight excluding hydrogens is 285 g/mol. The van der Waals surface area contributed by atoms with Crippen molar-refractivity contribution < 1.29 is 0 Å². The van der Waals surface area contributed by atoms with Crippen LogP contribution in [0.15, 0.2) is 24.3 Å². The van der Waals surface area contributed by atoms with Crippen LogP contribution >= 0.6 is 22.6 Å². The van der Waals surface area contributed by atoms with Crippen molar-refractivity contribution in [2.75, 3.05) is 6.54 Å². The Bertz CT molecular complexity index is 301. The van der Waals surface area contributed by atoms with E-state index >= 15 is 0 Å². The average molecular weight is 301 g/mol. The van der Waals surface area contributed by atoms with E-state index in [0.717, 1.165) is 13.0 Å². The van der Waals surface area contributed by atoms with E-state index < -0.39 is 0 Å². The minimum atomic E-state index is 0.430. The van der Waals surface area contributed by atoms with Gasteiger partial charge in [-0.1, -0.05) is 18.6 Å². The fraction of sp³-hybridized carbons (Fsp3) is 0.500. The number of halogens is 1. The van der Waals surface area contributed by atoms with Crippen LogP contribution in [0.2, 0.25) is 0 Å². The molecule has 1 saturated carbocycles. The maximum atomic E-state index is 5.69. The average Bonchev–Trinajstić information content (AvgIpc) is 2.13. The Balaban J connectivity index is 2.23. The van der Waals surface area contributed by atoms with Gasteiger partial charge in [0.2, 0.25) is 0 Å². The van der Waals surface area contributed by atoms with Crippen molar-refractivity contribution in [2.24, 2.45) is 5.73 Å². The molecule has 1 aromatic rings. The lowest BCUT2D eigenvalue weighted by Crippen LogP contribution is -2.36. The lowest BCUT2D eigenvalue weighted by atomic mass is 9.62. The van der Waals surface area contributed by atoms with Gasteiger partial charge in [0.25, 0.3) is 0 Å². The number of hydrogen-bond acceptors (Lipinski definition) is 1. The predicted molar refractivity (Wildman–Crippen MR) is 68.4 cm³/mol. The van der Waals surface area contributed by atoms with E-state index in [2.05, 4.69) is 46.9 Å². The Kier molecular flexibility index (Phi) is 3.12. The second-order valence-corrected chi connectivity index (χ2v) is 5.43. The zero-order chi connectivity index (χ0) is 10.0. The van der Waals surface area contributed by atoms with Gasteiger partial charge < -0.3 is 5.73 Å². The van der Waals surface area contributed by atoms with Gasteiger partial charge in [-0.25, -0.2) is 0 Å². The molecule has 0 spiro atoms. The van der Waals surface area contributed by atoms with Crippen LogP contribution in [0.1, 0.15) is 31.2 Å². The highest BCUT2D eigenvalue weighted by Gasteiger charge is 2.37. The summed E-state index contributed by atoms with van der Waals surface area (Å²) in [6, 6.07) is 8.95. The molecule has 0 atom stereocenters. The molecule has 2 rings (SSSR count). The third kappa shape index (κ3) is 1.82. The van der Waals surface area contributed by atoms with E-state index in [1.807, 2.05) is 0 Å². The molecule has 0 unspecified atom stereocenters. The molecule has 0 aromatic heterocycles. The van der Waals surface area contributed by atoms with Crippen LogP contribution in [0, 0.1) is 3.57 Å². The molecule has 2 heteroatoms. The number of rotatable bonds is 3. The molecule has 0 amide bonds. The fourth-order valence-corrected chi connectivity index (χ4v) is 2.73. The van der Waals surface area contributed by atoms with Gasteiger partial charge in [-0.15, -0.1) is 0 Å². The Labute approximate surface area is 99.2 Å². The van der Waals surface area contributed by atoms with Crippen LogP contribution < -0.4 is 5.73 Å². The van der Waals surface area contributed by atoms with Crippen LogP contribution in [-0.4, -0.2) is 6.54 Å². The first-order valence-corrected chi connectivity index (χ1v) is 6.31.